The highest BCUT2D eigenvalue weighted by Crippen LogP contribution is 2.29. The minimum atomic E-state index is 0.462. The van der Waals surface area contributed by atoms with Gasteiger partial charge in [0.05, 0.1) is 0 Å². The third-order valence-corrected chi connectivity index (χ3v) is 4.05. The molecule has 0 radical (unpaired) electrons. The van der Waals surface area contributed by atoms with Crippen molar-refractivity contribution in [3.05, 3.63) is 39.5 Å². The Balaban J connectivity index is 2.52. The Kier molecular flexibility index (Phi) is 3.78. The van der Waals surface area contributed by atoms with Crippen LogP contribution in [0.3, 0.4) is 0 Å². The quantitative estimate of drug-likeness (QED) is 0.848. The SMILES string of the molecule is COCn1c(-c2ccccc2)nc(Br)c1Br. The summed E-state index contributed by atoms with van der Waals surface area (Å²) >= 11 is 6.87. The second kappa shape index (κ2) is 5.12. The molecule has 1 aromatic heterocycles. The Labute approximate surface area is 111 Å². The van der Waals surface area contributed by atoms with Gasteiger partial charge in [0, 0.05) is 12.7 Å². The molecule has 1 heterocycles. The van der Waals surface area contributed by atoms with E-state index < -0.39 is 0 Å². The van der Waals surface area contributed by atoms with Crippen LogP contribution < -0.4 is 0 Å². The number of nitrogens with zero attached hydrogens (tertiary/aromatic N) is 2. The van der Waals surface area contributed by atoms with Crippen LogP contribution in [0.2, 0.25) is 0 Å². The maximum Gasteiger partial charge on any atom is 0.144 e. The molecule has 1 aromatic carbocycles. The summed E-state index contributed by atoms with van der Waals surface area (Å²) in [6, 6.07) is 10.0. The summed E-state index contributed by atoms with van der Waals surface area (Å²) in [6.07, 6.45) is 0. The van der Waals surface area contributed by atoms with Crippen molar-refractivity contribution in [1.29, 1.82) is 0 Å². The lowest BCUT2D eigenvalue weighted by Crippen LogP contribution is -2.02. The highest BCUT2D eigenvalue weighted by Gasteiger charge is 2.14. The largest absolute Gasteiger partial charge is 0.364 e. The van der Waals surface area contributed by atoms with E-state index in [1.807, 2.05) is 34.9 Å². The predicted molar refractivity (Wildman–Crippen MR) is 70.1 cm³/mol. The van der Waals surface area contributed by atoms with Crippen molar-refractivity contribution in [2.45, 2.75) is 6.73 Å². The maximum atomic E-state index is 5.16. The third-order valence-electron chi connectivity index (χ3n) is 2.16. The fourth-order valence-electron chi connectivity index (χ4n) is 1.46. The third kappa shape index (κ3) is 2.21. The van der Waals surface area contributed by atoms with Gasteiger partial charge in [0.2, 0.25) is 0 Å². The molecule has 0 aliphatic rings. The van der Waals surface area contributed by atoms with E-state index in [0.717, 1.165) is 20.6 Å². The molecule has 0 fully saturated rings. The maximum absolute atomic E-state index is 5.16. The molecule has 0 N–H and O–H groups in total. The van der Waals surface area contributed by atoms with Gasteiger partial charge in [-0.2, -0.15) is 0 Å². The Morgan fingerprint density at radius 1 is 1.25 bits per heavy atom. The van der Waals surface area contributed by atoms with Gasteiger partial charge in [0.15, 0.2) is 0 Å². The second-order valence-corrected chi connectivity index (χ2v) is 4.73. The molecule has 84 valence electrons. The average molecular weight is 346 g/mol. The molecule has 5 heteroatoms. The standard InChI is InChI=1S/C11H10Br2N2O/c1-16-7-15-10(13)9(12)14-11(15)8-5-3-2-4-6-8/h2-6H,7H2,1H3. The molecular formula is C11H10Br2N2O. The molecule has 0 spiro atoms. The van der Waals surface area contributed by atoms with E-state index in [1.54, 1.807) is 7.11 Å². The first-order valence-corrected chi connectivity index (χ1v) is 6.28. The molecule has 2 rings (SSSR count). The molecular weight excluding hydrogens is 336 g/mol. The van der Waals surface area contributed by atoms with Gasteiger partial charge >= 0.3 is 0 Å². The summed E-state index contributed by atoms with van der Waals surface area (Å²) in [5.74, 6) is 0.876. The zero-order valence-corrected chi connectivity index (χ0v) is 11.8. The van der Waals surface area contributed by atoms with E-state index in [0.29, 0.717) is 6.73 Å². The van der Waals surface area contributed by atoms with Crippen LogP contribution in [0.4, 0.5) is 0 Å². The van der Waals surface area contributed by atoms with E-state index in [9.17, 15) is 0 Å². The summed E-state index contributed by atoms with van der Waals surface area (Å²) in [7, 11) is 1.66. The van der Waals surface area contributed by atoms with Crippen LogP contribution in [-0.2, 0) is 11.5 Å². The zero-order chi connectivity index (χ0) is 11.5. The van der Waals surface area contributed by atoms with Crippen molar-refractivity contribution in [3.63, 3.8) is 0 Å². The molecule has 16 heavy (non-hydrogen) atoms. The number of aromatic nitrogens is 2. The minimum absolute atomic E-state index is 0.462. The first kappa shape index (κ1) is 11.8. The Hall–Kier alpha value is -0.650. The first-order valence-electron chi connectivity index (χ1n) is 4.70. The summed E-state index contributed by atoms with van der Waals surface area (Å²) in [5, 5.41) is 0. The van der Waals surface area contributed by atoms with E-state index in [4.69, 9.17) is 4.74 Å². The summed E-state index contributed by atoms with van der Waals surface area (Å²) in [4.78, 5) is 4.45. The fourth-order valence-corrected chi connectivity index (χ4v) is 2.20. The van der Waals surface area contributed by atoms with E-state index in [-0.39, 0.29) is 0 Å². The Morgan fingerprint density at radius 3 is 2.56 bits per heavy atom. The van der Waals surface area contributed by atoms with Gasteiger partial charge in [-0.1, -0.05) is 30.3 Å². The van der Waals surface area contributed by atoms with E-state index in [2.05, 4.69) is 36.8 Å². The number of methoxy groups -OCH3 is 1. The molecule has 0 aliphatic heterocycles. The van der Waals surface area contributed by atoms with Crippen LogP contribution in [-0.4, -0.2) is 16.7 Å². The van der Waals surface area contributed by atoms with Gasteiger partial charge in [-0.25, -0.2) is 4.98 Å². The number of rotatable bonds is 3. The Morgan fingerprint density at radius 2 is 1.94 bits per heavy atom. The number of benzene rings is 1. The summed E-state index contributed by atoms with van der Waals surface area (Å²) < 4.78 is 8.78. The normalized spacial score (nSPS) is 10.7. The van der Waals surface area contributed by atoms with Crippen LogP contribution in [0.1, 0.15) is 0 Å². The molecule has 0 bridgehead atoms. The number of hydrogen-bond donors (Lipinski definition) is 0. The van der Waals surface area contributed by atoms with Gasteiger partial charge in [0.25, 0.3) is 0 Å². The van der Waals surface area contributed by atoms with Gasteiger partial charge < -0.3 is 4.74 Å². The Bertz CT molecular complexity index is 482. The van der Waals surface area contributed by atoms with Crippen LogP contribution >= 0.6 is 31.9 Å². The number of hydrogen-bond acceptors (Lipinski definition) is 2. The van der Waals surface area contributed by atoms with Crippen LogP contribution in [0, 0.1) is 0 Å². The van der Waals surface area contributed by atoms with Crippen molar-refractivity contribution in [2.24, 2.45) is 0 Å². The summed E-state index contributed by atoms with van der Waals surface area (Å²) in [6.45, 7) is 0.462. The van der Waals surface area contributed by atoms with Crippen molar-refractivity contribution in [1.82, 2.24) is 9.55 Å². The van der Waals surface area contributed by atoms with E-state index >= 15 is 0 Å². The second-order valence-electron chi connectivity index (χ2n) is 3.23. The number of imidazole rings is 1. The van der Waals surface area contributed by atoms with Gasteiger partial charge in [-0.3, -0.25) is 4.57 Å². The lowest BCUT2D eigenvalue weighted by molar-refractivity contribution is 0.130. The molecule has 0 saturated carbocycles. The van der Waals surface area contributed by atoms with Crippen LogP contribution in [0.5, 0.6) is 0 Å². The number of halogens is 2. The first-order chi connectivity index (χ1) is 7.74. The van der Waals surface area contributed by atoms with Crippen LogP contribution in [0.25, 0.3) is 11.4 Å². The molecule has 2 aromatic rings. The van der Waals surface area contributed by atoms with Gasteiger partial charge in [-0.15, -0.1) is 0 Å². The lowest BCUT2D eigenvalue weighted by Gasteiger charge is -2.07. The number of ether oxygens (including phenoxy) is 1. The highest BCUT2D eigenvalue weighted by atomic mass is 79.9. The minimum Gasteiger partial charge on any atom is -0.364 e. The topological polar surface area (TPSA) is 27.1 Å². The molecule has 0 amide bonds. The molecule has 0 unspecified atom stereocenters. The lowest BCUT2D eigenvalue weighted by atomic mass is 10.2. The zero-order valence-electron chi connectivity index (χ0n) is 8.65. The average Bonchev–Trinajstić information content (AvgIpc) is 2.59. The molecule has 3 nitrogen and oxygen atoms in total. The smallest absolute Gasteiger partial charge is 0.144 e. The van der Waals surface area contributed by atoms with Crippen molar-refractivity contribution in [2.75, 3.05) is 7.11 Å². The van der Waals surface area contributed by atoms with Crippen molar-refractivity contribution in [3.8, 4) is 11.4 Å². The molecule has 0 atom stereocenters. The van der Waals surface area contributed by atoms with Crippen LogP contribution in [0.15, 0.2) is 39.5 Å². The van der Waals surface area contributed by atoms with Gasteiger partial charge in [0.1, 0.15) is 21.8 Å². The summed E-state index contributed by atoms with van der Waals surface area (Å²) in [5.41, 5.74) is 1.06. The highest BCUT2D eigenvalue weighted by molar-refractivity contribution is 9.13. The monoisotopic (exact) mass is 344 g/mol. The van der Waals surface area contributed by atoms with Crippen molar-refractivity contribution < 1.29 is 4.74 Å². The predicted octanol–water partition coefficient (Wildman–Crippen LogP) is 3.68. The van der Waals surface area contributed by atoms with Gasteiger partial charge in [-0.05, 0) is 31.9 Å². The van der Waals surface area contributed by atoms with Crippen molar-refractivity contribution >= 4 is 31.9 Å². The fraction of sp³-hybridized carbons (Fsp3) is 0.182. The molecule has 0 aliphatic carbocycles. The van der Waals surface area contributed by atoms with E-state index in [1.165, 1.54) is 0 Å². The molecule has 0 saturated heterocycles.